The molecule has 0 aromatic heterocycles. The first-order valence-electron chi connectivity index (χ1n) is 6.64. The minimum absolute atomic E-state index is 0.612. The minimum atomic E-state index is 0.612. The fraction of sp³-hybridized carbons (Fsp3) is 0.533. The van der Waals surface area contributed by atoms with Crippen LogP contribution < -0.4 is 10.1 Å². The quantitative estimate of drug-likeness (QED) is 0.885. The molecule has 0 spiro atoms. The Morgan fingerprint density at radius 2 is 2.11 bits per heavy atom. The molecular weight excluding hydrogens is 224 g/mol. The second-order valence-corrected chi connectivity index (χ2v) is 4.86. The summed E-state index contributed by atoms with van der Waals surface area (Å²) >= 11 is 0. The van der Waals surface area contributed by atoms with Crippen LogP contribution in [0.5, 0.6) is 5.75 Å². The van der Waals surface area contributed by atoms with Crippen molar-refractivity contribution in [1.29, 1.82) is 5.26 Å². The first-order chi connectivity index (χ1) is 8.83. The highest BCUT2D eigenvalue weighted by Crippen LogP contribution is 2.20. The number of hydrogen-bond acceptors (Lipinski definition) is 3. The van der Waals surface area contributed by atoms with E-state index in [1.165, 1.54) is 32.1 Å². The molecule has 0 saturated heterocycles. The molecule has 0 aliphatic heterocycles. The molecule has 0 amide bonds. The Bertz CT molecular complexity index is 431. The molecule has 1 aliphatic rings. The number of benzene rings is 1. The van der Waals surface area contributed by atoms with Crippen molar-refractivity contribution in [3.8, 4) is 11.8 Å². The van der Waals surface area contributed by atoms with Crippen molar-refractivity contribution >= 4 is 0 Å². The van der Waals surface area contributed by atoms with Gasteiger partial charge < -0.3 is 10.1 Å². The van der Waals surface area contributed by atoms with E-state index in [1.807, 2.05) is 18.2 Å². The van der Waals surface area contributed by atoms with Crippen molar-refractivity contribution in [2.75, 3.05) is 7.11 Å². The topological polar surface area (TPSA) is 45.0 Å². The van der Waals surface area contributed by atoms with Gasteiger partial charge in [-0.25, -0.2) is 0 Å². The summed E-state index contributed by atoms with van der Waals surface area (Å²) < 4.78 is 5.14. The van der Waals surface area contributed by atoms with E-state index >= 15 is 0 Å². The van der Waals surface area contributed by atoms with E-state index in [0.717, 1.165) is 12.1 Å². The molecule has 3 nitrogen and oxygen atoms in total. The standard InChI is InChI=1S/C15H20N2O/c1-18-15-8-7-12(9-13(15)10-16)11-17-14-5-3-2-4-6-14/h7-9,14,17H,2-6,11H2,1H3. The molecule has 1 saturated carbocycles. The number of methoxy groups -OCH3 is 1. The number of ether oxygens (including phenoxy) is 1. The van der Waals surface area contributed by atoms with Crippen molar-refractivity contribution in [3.63, 3.8) is 0 Å². The van der Waals surface area contributed by atoms with Crippen LogP contribution in [0.15, 0.2) is 18.2 Å². The van der Waals surface area contributed by atoms with E-state index in [0.29, 0.717) is 17.4 Å². The molecule has 0 radical (unpaired) electrons. The molecule has 1 N–H and O–H groups in total. The maximum absolute atomic E-state index is 9.04. The van der Waals surface area contributed by atoms with Crippen molar-refractivity contribution < 1.29 is 4.74 Å². The Labute approximate surface area is 109 Å². The van der Waals surface area contributed by atoms with Gasteiger partial charge in [-0.1, -0.05) is 25.3 Å². The zero-order chi connectivity index (χ0) is 12.8. The van der Waals surface area contributed by atoms with Gasteiger partial charge in [0.2, 0.25) is 0 Å². The zero-order valence-electron chi connectivity index (χ0n) is 10.9. The van der Waals surface area contributed by atoms with Crippen LogP contribution in [0.25, 0.3) is 0 Å². The first-order valence-corrected chi connectivity index (χ1v) is 6.64. The molecule has 1 aliphatic carbocycles. The van der Waals surface area contributed by atoms with Crippen LogP contribution in [-0.2, 0) is 6.54 Å². The molecule has 1 aromatic rings. The van der Waals surface area contributed by atoms with E-state index in [1.54, 1.807) is 7.11 Å². The highest BCUT2D eigenvalue weighted by molar-refractivity contribution is 5.45. The molecule has 0 atom stereocenters. The van der Waals surface area contributed by atoms with Gasteiger partial charge in [0.1, 0.15) is 11.8 Å². The third-order valence-electron chi connectivity index (χ3n) is 3.58. The highest BCUT2D eigenvalue weighted by Gasteiger charge is 2.12. The monoisotopic (exact) mass is 244 g/mol. The summed E-state index contributed by atoms with van der Waals surface area (Å²) in [6.45, 7) is 0.837. The van der Waals surface area contributed by atoms with Crippen LogP contribution in [0.4, 0.5) is 0 Å². The van der Waals surface area contributed by atoms with E-state index in [9.17, 15) is 0 Å². The molecule has 18 heavy (non-hydrogen) atoms. The maximum atomic E-state index is 9.04. The Balaban J connectivity index is 1.95. The van der Waals surface area contributed by atoms with Crippen molar-refractivity contribution in [3.05, 3.63) is 29.3 Å². The molecular formula is C15H20N2O. The molecule has 96 valence electrons. The van der Waals surface area contributed by atoms with E-state index in [4.69, 9.17) is 10.00 Å². The lowest BCUT2D eigenvalue weighted by molar-refractivity contribution is 0.372. The Morgan fingerprint density at radius 1 is 1.33 bits per heavy atom. The number of hydrogen-bond donors (Lipinski definition) is 1. The van der Waals surface area contributed by atoms with Crippen molar-refractivity contribution in [2.45, 2.75) is 44.7 Å². The molecule has 3 heteroatoms. The Hall–Kier alpha value is -1.53. The van der Waals surface area contributed by atoms with E-state index < -0.39 is 0 Å². The van der Waals surface area contributed by atoms with Gasteiger partial charge in [0.15, 0.2) is 0 Å². The zero-order valence-corrected chi connectivity index (χ0v) is 10.9. The van der Waals surface area contributed by atoms with Gasteiger partial charge in [0.25, 0.3) is 0 Å². The van der Waals surface area contributed by atoms with Gasteiger partial charge in [-0.05, 0) is 30.5 Å². The van der Waals surface area contributed by atoms with Crippen LogP contribution in [0.2, 0.25) is 0 Å². The predicted octanol–water partition coefficient (Wildman–Crippen LogP) is 2.99. The van der Waals surface area contributed by atoms with Gasteiger partial charge in [0.05, 0.1) is 12.7 Å². The summed E-state index contributed by atoms with van der Waals surface area (Å²) in [5.74, 6) is 0.652. The van der Waals surface area contributed by atoms with Gasteiger partial charge in [0, 0.05) is 12.6 Å². The second-order valence-electron chi connectivity index (χ2n) is 4.86. The molecule has 2 rings (SSSR count). The summed E-state index contributed by atoms with van der Waals surface area (Å²) in [5.41, 5.74) is 1.76. The summed E-state index contributed by atoms with van der Waals surface area (Å²) in [4.78, 5) is 0. The summed E-state index contributed by atoms with van der Waals surface area (Å²) in [6.07, 6.45) is 6.61. The van der Waals surface area contributed by atoms with Crippen LogP contribution in [-0.4, -0.2) is 13.2 Å². The average molecular weight is 244 g/mol. The smallest absolute Gasteiger partial charge is 0.136 e. The second kappa shape index (κ2) is 6.42. The van der Waals surface area contributed by atoms with Gasteiger partial charge >= 0.3 is 0 Å². The first kappa shape index (κ1) is 12.9. The fourth-order valence-corrected chi connectivity index (χ4v) is 2.52. The summed E-state index contributed by atoms with van der Waals surface area (Å²) in [7, 11) is 1.59. The molecule has 0 heterocycles. The average Bonchev–Trinajstić information content (AvgIpc) is 2.45. The molecule has 1 fully saturated rings. The van der Waals surface area contributed by atoms with Gasteiger partial charge in [-0.2, -0.15) is 5.26 Å². The predicted molar refractivity (Wildman–Crippen MR) is 71.4 cm³/mol. The summed E-state index contributed by atoms with van der Waals surface area (Å²) in [5, 5.41) is 12.6. The van der Waals surface area contributed by atoms with Crippen LogP contribution in [0.1, 0.15) is 43.2 Å². The molecule has 1 aromatic carbocycles. The van der Waals surface area contributed by atoms with Crippen LogP contribution in [0, 0.1) is 11.3 Å². The maximum Gasteiger partial charge on any atom is 0.136 e. The van der Waals surface area contributed by atoms with Crippen molar-refractivity contribution in [2.24, 2.45) is 0 Å². The third kappa shape index (κ3) is 3.24. The lowest BCUT2D eigenvalue weighted by Gasteiger charge is -2.23. The summed E-state index contributed by atoms with van der Waals surface area (Å²) in [6, 6.07) is 8.62. The highest BCUT2D eigenvalue weighted by atomic mass is 16.5. The van der Waals surface area contributed by atoms with E-state index in [2.05, 4.69) is 11.4 Å². The number of nitrogens with zero attached hydrogens (tertiary/aromatic N) is 1. The van der Waals surface area contributed by atoms with Crippen LogP contribution in [0.3, 0.4) is 0 Å². The molecule has 0 unspecified atom stereocenters. The lowest BCUT2D eigenvalue weighted by Crippen LogP contribution is -2.30. The van der Waals surface area contributed by atoms with E-state index in [-0.39, 0.29) is 0 Å². The number of nitrogens with one attached hydrogen (secondary N) is 1. The normalized spacial score (nSPS) is 16.2. The van der Waals surface area contributed by atoms with Crippen LogP contribution >= 0.6 is 0 Å². The molecule has 0 bridgehead atoms. The largest absolute Gasteiger partial charge is 0.495 e. The van der Waals surface area contributed by atoms with Crippen molar-refractivity contribution in [1.82, 2.24) is 5.32 Å². The fourth-order valence-electron chi connectivity index (χ4n) is 2.52. The lowest BCUT2D eigenvalue weighted by atomic mass is 9.95. The number of rotatable bonds is 4. The minimum Gasteiger partial charge on any atom is -0.495 e. The Kier molecular flexibility index (Phi) is 4.60. The van der Waals surface area contributed by atoms with Gasteiger partial charge in [-0.3, -0.25) is 0 Å². The van der Waals surface area contributed by atoms with Gasteiger partial charge in [-0.15, -0.1) is 0 Å². The third-order valence-corrected chi connectivity index (χ3v) is 3.58. The number of nitriles is 1. The Morgan fingerprint density at radius 3 is 2.78 bits per heavy atom. The SMILES string of the molecule is COc1ccc(CNC2CCCCC2)cc1C#N.